The van der Waals surface area contributed by atoms with Crippen LogP contribution in [0.3, 0.4) is 0 Å². The van der Waals surface area contributed by atoms with Gasteiger partial charge in [0.1, 0.15) is 0 Å². The first-order valence-corrected chi connectivity index (χ1v) is 9.71. The van der Waals surface area contributed by atoms with Gasteiger partial charge in [-0.1, -0.05) is 13.3 Å². The molecular formula is C18H38N2O6. The second-order valence-corrected chi connectivity index (χ2v) is 5.80. The van der Waals surface area contributed by atoms with Crippen molar-refractivity contribution in [3.8, 4) is 0 Å². The molecule has 156 valence electrons. The Hall–Kier alpha value is -0.770. The SMILES string of the molecule is CCCCNCCOCCOCCOCCOCCCNCCC(=O)O. The van der Waals surface area contributed by atoms with Crippen LogP contribution in [-0.2, 0) is 23.7 Å². The van der Waals surface area contributed by atoms with Crippen molar-refractivity contribution in [2.75, 3.05) is 79.0 Å². The van der Waals surface area contributed by atoms with Crippen molar-refractivity contribution in [2.24, 2.45) is 0 Å². The number of aliphatic carboxylic acids is 1. The number of ether oxygens (including phenoxy) is 4. The zero-order valence-corrected chi connectivity index (χ0v) is 16.3. The fraction of sp³-hybridized carbons (Fsp3) is 0.944. The Morgan fingerprint density at radius 2 is 1.19 bits per heavy atom. The summed E-state index contributed by atoms with van der Waals surface area (Å²) in [7, 11) is 0. The number of carbonyl (C=O) groups is 1. The molecular weight excluding hydrogens is 340 g/mol. The van der Waals surface area contributed by atoms with E-state index in [1.54, 1.807) is 0 Å². The van der Waals surface area contributed by atoms with E-state index < -0.39 is 5.97 Å². The van der Waals surface area contributed by atoms with E-state index in [1.165, 1.54) is 12.8 Å². The van der Waals surface area contributed by atoms with Gasteiger partial charge in [0.2, 0.25) is 0 Å². The lowest BCUT2D eigenvalue weighted by molar-refractivity contribution is -0.136. The second-order valence-electron chi connectivity index (χ2n) is 5.80. The topological polar surface area (TPSA) is 98.3 Å². The summed E-state index contributed by atoms with van der Waals surface area (Å²) in [4.78, 5) is 10.3. The zero-order chi connectivity index (χ0) is 19.1. The van der Waals surface area contributed by atoms with Crippen LogP contribution in [0, 0.1) is 0 Å². The number of unbranched alkanes of at least 4 members (excludes halogenated alkanes) is 1. The summed E-state index contributed by atoms with van der Waals surface area (Å²) >= 11 is 0. The first kappa shape index (κ1) is 25.2. The van der Waals surface area contributed by atoms with Gasteiger partial charge in [-0.15, -0.1) is 0 Å². The third kappa shape index (κ3) is 23.2. The summed E-state index contributed by atoms with van der Waals surface area (Å²) in [5.74, 6) is -0.780. The molecule has 8 nitrogen and oxygen atoms in total. The van der Waals surface area contributed by atoms with E-state index in [-0.39, 0.29) is 6.42 Å². The van der Waals surface area contributed by atoms with Crippen LogP contribution in [0.25, 0.3) is 0 Å². The van der Waals surface area contributed by atoms with E-state index in [0.717, 1.165) is 32.7 Å². The number of carboxylic acid groups (broad SMARTS) is 1. The molecule has 0 bridgehead atoms. The van der Waals surface area contributed by atoms with Gasteiger partial charge in [0.15, 0.2) is 0 Å². The van der Waals surface area contributed by atoms with Crippen LogP contribution >= 0.6 is 0 Å². The van der Waals surface area contributed by atoms with Crippen LogP contribution in [0.2, 0.25) is 0 Å². The molecule has 0 aliphatic heterocycles. The Morgan fingerprint density at radius 1 is 0.692 bits per heavy atom. The molecule has 0 fully saturated rings. The zero-order valence-electron chi connectivity index (χ0n) is 16.3. The van der Waals surface area contributed by atoms with Crippen molar-refractivity contribution in [3.05, 3.63) is 0 Å². The molecule has 0 rings (SSSR count). The summed E-state index contributed by atoms with van der Waals surface area (Å²) in [6.45, 7) is 10.2. The molecule has 3 N–H and O–H groups in total. The van der Waals surface area contributed by atoms with E-state index in [1.807, 2.05) is 0 Å². The molecule has 8 heteroatoms. The maximum atomic E-state index is 10.3. The Labute approximate surface area is 157 Å². The van der Waals surface area contributed by atoms with Crippen LogP contribution in [-0.4, -0.2) is 90.1 Å². The molecule has 0 aromatic heterocycles. The third-order valence-electron chi connectivity index (χ3n) is 3.40. The van der Waals surface area contributed by atoms with Gasteiger partial charge < -0.3 is 34.7 Å². The normalized spacial score (nSPS) is 11.1. The first-order chi connectivity index (χ1) is 12.8. The highest BCUT2D eigenvalue weighted by atomic mass is 16.6. The van der Waals surface area contributed by atoms with Crippen molar-refractivity contribution in [1.82, 2.24) is 10.6 Å². The second kappa shape index (κ2) is 22.3. The largest absolute Gasteiger partial charge is 0.481 e. The smallest absolute Gasteiger partial charge is 0.304 e. The minimum Gasteiger partial charge on any atom is -0.481 e. The quantitative estimate of drug-likeness (QED) is 0.239. The van der Waals surface area contributed by atoms with Crippen molar-refractivity contribution in [3.63, 3.8) is 0 Å². The van der Waals surface area contributed by atoms with E-state index in [4.69, 9.17) is 24.1 Å². The van der Waals surface area contributed by atoms with Crippen LogP contribution in [0.1, 0.15) is 32.6 Å². The fourth-order valence-corrected chi connectivity index (χ4v) is 1.95. The summed E-state index contributed by atoms with van der Waals surface area (Å²) < 4.78 is 21.7. The predicted molar refractivity (Wildman–Crippen MR) is 101 cm³/mol. The minimum atomic E-state index is -0.780. The van der Waals surface area contributed by atoms with Crippen molar-refractivity contribution in [1.29, 1.82) is 0 Å². The van der Waals surface area contributed by atoms with Crippen LogP contribution in [0.15, 0.2) is 0 Å². The van der Waals surface area contributed by atoms with Gasteiger partial charge in [-0.2, -0.15) is 0 Å². The summed E-state index contributed by atoms with van der Waals surface area (Å²) in [5.41, 5.74) is 0. The standard InChI is InChI=1S/C18H38N2O6/c1-2-3-6-20-9-11-24-13-15-26-17-16-25-14-12-23-10-4-7-19-8-5-18(21)22/h19-20H,2-17H2,1H3,(H,21,22). The highest BCUT2D eigenvalue weighted by Crippen LogP contribution is 1.86. The first-order valence-electron chi connectivity index (χ1n) is 9.71. The van der Waals surface area contributed by atoms with Gasteiger partial charge >= 0.3 is 5.97 Å². The van der Waals surface area contributed by atoms with Crippen LogP contribution in [0.4, 0.5) is 0 Å². The van der Waals surface area contributed by atoms with E-state index in [9.17, 15) is 4.79 Å². The molecule has 26 heavy (non-hydrogen) atoms. The molecule has 0 saturated carbocycles. The Balaban J connectivity index is 2.98. The molecule has 0 radical (unpaired) electrons. The molecule has 0 aromatic carbocycles. The molecule has 0 aromatic rings. The van der Waals surface area contributed by atoms with Crippen LogP contribution < -0.4 is 10.6 Å². The summed E-state index contributed by atoms with van der Waals surface area (Å²) in [5, 5.41) is 14.8. The minimum absolute atomic E-state index is 0.152. The van der Waals surface area contributed by atoms with Gasteiger partial charge in [0, 0.05) is 19.7 Å². The fourth-order valence-electron chi connectivity index (χ4n) is 1.95. The Kier molecular flexibility index (Phi) is 21.6. The van der Waals surface area contributed by atoms with E-state index >= 15 is 0 Å². The molecule has 0 aliphatic rings. The van der Waals surface area contributed by atoms with E-state index in [0.29, 0.717) is 52.8 Å². The molecule has 0 unspecified atom stereocenters. The lowest BCUT2D eigenvalue weighted by Gasteiger charge is -2.08. The van der Waals surface area contributed by atoms with Gasteiger partial charge in [-0.05, 0) is 25.9 Å². The van der Waals surface area contributed by atoms with Crippen molar-refractivity contribution >= 4 is 5.97 Å². The van der Waals surface area contributed by atoms with Crippen molar-refractivity contribution < 1.29 is 28.8 Å². The van der Waals surface area contributed by atoms with Gasteiger partial charge in [0.05, 0.1) is 52.7 Å². The Bertz CT molecular complexity index is 295. The lowest BCUT2D eigenvalue weighted by Crippen LogP contribution is -2.21. The number of hydrogen-bond donors (Lipinski definition) is 3. The molecule has 0 atom stereocenters. The molecule has 0 amide bonds. The Morgan fingerprint density at radius 3 is 1.77 bits per heavy atom. The predicted octanol–water partition coefficient (Wildman–Crippen LogP) is 0.897. The lowest BCUT2D eigenvalue weighted by atomic mass is 10.3. The maximum Gasteiger partial charge on any atom is 0.304 e. The number of hydrogen-bond acceptors (Lipinski definition) is 7. The molecule has 0 heterocycles. The van der Waals surface area contributed by atoms with E-state index in [2.05, 4.69) is 17.6 Å². The van der Waals surface area contributed by atoms with Crippen LogP contribution in [0.5, 0.6) is 0 Å². The third-order valence-corrected chi connectivity index (χ3v) is 3.40. The average Bonchev–Trinajstić information content (AvgIpc) is 2.62. The number of carboxylic acids is 1. The summed E-state index contributed by atoms with van der Waals surface area (Å²) in [6.07, 6.45) is 3.43. The number of nitrogens with one attached hydrogen (secondary N) is 2. The molecule has 0 aliphatic carbocycles. The molecule has 0 saturated heterocycles. The van der Waals surface area contributed by atoms with Crippen molar-refractivity contribution in [2.45, 2.75) is 32.6 Å². The highest BCUT2D eigenvalue weighted by Gasteiger charge is 1.96. The summed E-state index contributed by atoms with van der Waals surface area (Å²) in [6, 6.07) is 0. The van der Waals surface area contributed by atoms with Gasteiger partial charge in [-0.3, -0.25) is 4.79 Å². The monoisotopic (exact) mass is 378 g/mol. The van der Waals surface area contributed by atoms with Gasteiger partial charge in [-0.25, -0.2) is 0 Å². The maximum absolute atomic E-state index is 10.3. The van der Waals surface area contributed by atoms with Gasteiger partial charge in [0.25, 0.3) is 0 Å². The molecule has 0 spiro atoms. The average molecular weight is 379 g/mol. The highest BCUT2D eigenvalue weighted by molar-refractivity contribution is 5.66. The number of rotatable bonds is 22.